The second kappa shape index (κ2) is 6.15. The number of carbonyl (C=O) groups excluding carboxylic acids is 1. The highest BCUT2D eigenvalue weighted by Gasteiger charge is 2.24. The van der Waals surface area contributed by atoms with Crippen molar-refractivity contribution in [2.75, 3.05) is 6.61 Å². The first-order valence-electron chi connectivity index (χ1n) is 6.69. The van der Waals surface area contributed by atoms with Crippen molar-refractivity contribution < 1.29 is 9.53 Å². The summed E-state index contributed by atoms with van der Waals surface area (Å²) in [6.45, 7) is 6.39. The number of thiazole rings is 1. The third-order valence-corrected chi connectivity index (χ3v) is 4.14. The second-order valence-corrected chi connectivity index (χ2v) is 5.68. The van der Waals surface area contributed by atoms with Crippen molar-refractivity contribution >= 4 is 27.5 Å². The smallest absolute Gasteiger partial charge is 0.315 e. The van der Waals surface area contributed by atoms with Crippen LogP contribution in [0.4, 0.5) is 0 Å². The van der Waals surface area contributed by atoms with Gasteiger partial charge < -0.3 is 4.74 Å². The van der Waals surface area contributed by atoms with Crippen LogP contribution in [0, 0.1) is 6.92 Å². The zero-order chi connectivity index (χ0) is 13.8. The summed E-state index contributed by atoms with van der Waals surface area (Å²) in [7, 11) is 0. The van der Waals surface area contributed by atoms with E-state index in [0.717, 1.165) is 28.1 Å². The van der Waals surface area contributed by atoms with Gasteiger partial charge in [0.1, 0.15) is 10.9 Å². The molecule has 0 amide bonds. The lowest BCUT2D eigenvalue weighted by Crippen LogP contribution is -2.15. The lowest BCUT2D eigenvalue weighted by Gasteiger charge is -2.11. The number of esters is 1. The maximum Gasteiger partial charge on any atom is 0.315 e. The molecule has 1 atom stereocenters. The molecular weight excluding hydrogens is 258 g/mol. The first-order chi connectivity index (χ1) is 9.15. The van der Waals surface area contributed by atoms with E-state index < -0.39 is 0 Å². The number of nitrogens with zero attached hydrogens (tertiary/aromatic N) is 1. The minimum absolute atomic E-state index is 0.153. The van der Waals surface area contributed by atoms with Crippen LogP contribution in [0.1, 0.15) is 43.2 Å². The molecule has 0 saturated heterocycles. The van der Waals surface area contributed by atoms with Crippen LogP contribution in [0.5, 0.6) is 0 Å². The summed E-state index contributed by atoms with van der Waals surface area (Å²) in [6.07, 6.45) is 1.73. The summed E-state index contributed by atoms with van der Waals surface area (Å²) in [4.78, 5) is 16.6. The molecule has 0 spiro atoms. The predicted octanol–water partition coefficient (Wildman–Crippen LogP) is 4.05. The highest BCUT2D eigenvalue weighted by atomic mass is 32.1. The van der Waals surface area contributed by atoms with Crippen molar-refractivity contribution in [1.82, 2.24) is 4.98 Å². The third kappa shape index (κ3) is 3.13. The van der Waals surface area contributed by atoms with Crippen molar-refractivity contribution in [3.63, 3.8) is 0 Å². The summed E-state index contributed by atoms with van der Waals surface area (Å²) in [5.74, 6) is -0.372. The Morgan fingerprint density at radius 1 is 1.42 bits per heavy atom. The fraction of sp³-hybridized carbons (Fsp3) is 0.467. The monoisotopic (exact) mass is 277 g/mol. The van der Waals surface area contributed by atoms with Gasteiger partial charge in [-0.1, -0.05) is 19.4 Å². The molecule has 0 aliphatic rings. The Bertz CT molecular complexity index is 577. The van der Waals surface area contributed by atoms with E-state index in [9.17, 15) is 4.79 Å². The van der Waals surface area contributed by atoms with E-state index in [0.29, 0.717) is 6.61 Å². The Kier molecular flexibility index (Phi) is 4.53. The van der Waals surface area contributed by atoms with Crippen LogP contribution in [0.25, 0.3) is 10.2 Å². The summed E-state index contributed by atoms with van der Waals surface area (Å²) in [5, 5.41) is 0.876. The van der Waals surface area contributed by atoms with E-state index in [2.05, 4.69) is 24.9 Å². The van der Waals surface area contributed by atoms with E-state index >= 15 is 0 Å². The number of rotatable bonds is 5. The Balaban J connectivity index is 2.35. The third-order valence-electron chi connectivity index (χ3n) is 3.01. The first-order valence-corrected chi connectivity index (χ1v) is 7.51. The molecule has 0 fully saturated rings. The minimum atomic E-state index is -0.220. The van der Waals surface area contributed by atoms with Crippen molar-refractivity contribution in [3.8, 4) is 0 Å². The average molecular weight is 277 g/mol. The SMILES string of the molecule is CCCC(C(=O)OCC)c1nc2ccc(C)cc2s1. The summed E-state index contributed by atoms with van der Waals surface area (Å²) in [6, 6.07) is 6.18. The number of benzene rings is 1. The van der Waals surface area contributed by atoms with Crippen LogP contribution in [0.15, 0.2) is 18.2 Å². The zero-order valence-corrected chi connectivity index (χ0v) is 12.4. The van der Waals surface area contributed by atoms with Gasteiger partial charge in [0, 0.05) is 0 Å². The van der Waals surface area contributed by atoms with Gasteiger partial charge in [0.05, 0.1) is 16.8 Å². The molecule has 102 valence electrons. The maximum absolute atomic E-state index is 12.0. The molecular formula is C15H19NO2S. The Morgan fingerprint density at radius 3 is 2.89 bits per heavy atom. The average Bonchev–Trinajstić information content (AvgIpc) is 2.78. The molecule has 0 radical (unpaired) electrons. The lowest BCUT2D eigenvalue weighted by molar-refractivity contribution is -0.145. The van der Waals surface area contributed by atoms with E-state index in [4.69, 9.17) is 4.74 Å². The van der Waals surface area contributed by atoms with Gasteiger partial charge in [-0.15, -0.1) is 11.3 Å². The normalized spacial score (nSPS) is 12.6. The largest absolute Gasteiger partial charge is 0.465 e. The zero-order valence-electron chi connectivity index (χ0n) is 11.6. The number of aromatic nitrogens is 1. The quantitative estimate of drug-likeness (QED) is 0.774. The van der Waals surface area contributed by atoms with Crippen LogP contribution >= 0.6 is 11.3 Å². The van der Waals surface area contributed by atoms with Crippen LogP contribution in [0.3, 0.4) is 0 Å². The number of hydrogen-bond acceptors (Lipinski definition) is 4. The Labute approximate surface area is 117 Å². The predicted molar refractivity (Wildman–Crippen MR) is 78.6 cm³/mol. The molecule has 1 heterocycles. The minimum Gasteiger partial charge on any atom is -0.465 e. The van der Waals surface area contributed by atoms with Crippen LogP contribution in [0.2, 0.25) is 0 Å². The summed E-state index contributed by atoms with van der Waals surface area (Å²) >= 11 is 1.60. The summed E-state index contributed by atoms with van der Waals surface area (Å²) < 4.78 is 6.30. The number of fused-ring (bicyclic) bond motifs is 1. The number of aryl methyl sites for hydroxylation is 1. The topological polar surface area (TPSA) is 39.2 Å². The highest BCUT2D eigenvalue weighted by Crippen LogP contribution is 2.31. The van der Waals surface area contributed by atoms with Crippen molar-refractivity contribution in [2.45, 2.75) is 39.5 Å². The van der Waals surface area contributed by atoms with Crippen molar-refractivity contribution in [1.29, 1.82) is 0 Å². The Hall–Kier alpha value is -1.42. The van der Waals surface area contributed by atoms with Gasteiger partial charge in [-0.2, -0.15) is 0 Å². The fourth-order valence-electron chi connectivity index (χ4n) is 2.07. The van der Waals surface area contributed by atoms with Gasteiger partial charge in [0.2, 0.25) is 0 Å². The standard InChI is InChI=1S/C15H19NO2S/c1-4-6-11(15(17)18-5-2)14-16-12-8-7-10(3)9-13(12)19-14/h7-9,11H,4-6H2,1-3H3. The van der Waals surface area contributed by atoms with Gasteiger partial charge in [-0.05, 0) is 38.0 Å². The number of ether oxygens (including phenoxy) is 1. The lowest BCUT2D eigenvalue weighted by atomic mass is 10.1. The molecule has 2 aromatic rings. The molecule has 4 heteroatoms. The van der Waals surface area contributed by atoms with E-state index in [1.165, 1.54) is 5.56 Å². The van der Waals surface area contributed by atoms with Gasteiger partial charge in [-0.3, -0.25) is 4.79 Å². The molecule has 3 nitrogen and oxygen atoms in total. The molecule has 1 unspecified atom stereocenters. The van der Waals surface area contributed by atoms with Crippen LogP contribution in [-0.2, 0) is 9.53 Å². The molecule has 2 rings (SSSR count). The number of hydrogen-bond donors (Lipinski definition) is 0. The van der Waals surface area contributed by atoms with E-state index in [-0.39, 0.29) is 11.9 Å². The molecule has 19 heavy (non-hydrogen) atoms. The fourth-order valence-corrected chi connectivity index (χ4v) is 3.26. The maximum atomic E-state index is 12.0. The van der Waals surface area contributed by atoms with Gasteiger partial charge in [0.25, 0.3) is 0 Å². The van der Waals surface area contributed by atoms with E-state index in [1.807, 2.05) is 19.1 Å². The summed E-state index contributed by atoms with van der Waals surface area (Å²) in [5.41, 5.74) is 2.18. The van der Waals surface area contributed by atoms with Crippen LogP contribution in [-0.4, -0.2) is 17.6 Å². The van der Waals surface area contributed by atoms with Gasteiger partial charge >= 0.3 is 5.97 Å². The molecule has 1 aromatic carbocycles. The Morgan fingerprint density at radius 2 is 2.21 bits per heavy atom. The molecule has 0 aliphatic heterocycles. The molecule has 0 saturated carbocycles. The molecule has 0 aliphatic carbocycles. The highest BCUT2D eigenvalue weighted by molar-refractivity contribution is 7.18. The van der Waals surface area contributed by atoms with Crippen molar-refractivity contribution in [2.24, 2.45) is 0 Å². The molecule has 0 bridgehead atoms. The van der Waals surface area contributed by atoms with Gasteiger partial charge in [0.15, 0.2) is 0 Å². The number of carbonyl (C=O) groups is 1. The molecule has 1 aromatic heterocycles. The van der Waals surface area contributed by atoms with E-state index in [1.54, 1.807) is 11.3 Å². The first kappa shape index (κ1) is 14.0. The molecule has 0 N–H and O–H groups in total. The van der Waals surface area contributed by atoms with Gasteiger partial charge in [-0.25, -0.2) is 4.98 Å². The van der Waals surface area contributed by atoms with Crippen molar-refractivity contribution in [3.05, 3.63) is 28.8 Å². The van der Waals surface area contributed by atoms with Crippen LogP contribution < -0.4 is 0 Å². The second-order valence-electron chi connectivity index (χ2n) is 4.62.